The van der Waals surface area contributed by atoms with E-state index in [2.05, 4.69) is 26.0 Å². The van der Waals surface area contributed by atoms with Crippen molar-refractivity contribution in [2.24, 2.45) is 0 Å². The van der Waals surface area contributed by atoms with Crippen LogP contribution in [0.25, 0.3) is 5.65 Å². The number of hydrogen-bond acceptors (Lipinski definition) is 2. The van der Waals surface area contributed by atoms with Gasteiger partial charge in [-0.25, -0.2) is 13.9 Å². The molecule has 2 aromatic heterocycles. The van der Waals surface area contributed by atoms with Crippen molar-refractivity contribution in [1.29, 1.82) is 0 Å². The third-order valence-corrected chi connectivity index (χ3v) is 4.12. The largest absolute Gasteiger partial charge is 0.233 e. The number of benzene rings is 1. The lowest BCUT2D eigenvalue weighted by molar-refractivity contribution is 0.627. The molecule has 20 heavy (non-hydrogen) atoms. The molecule has 0 saturated heterocycles. The van der Waals surface area contributed by atoms with Gasteiger partial charge in [-0.05, 0) is 53.5 Å². The normalized spacial score (nSPS) is 11.2. The monoisotopic (exact) mass is 333 g/mol. The van der Waals surface area contributed by atoms with E-state index in [1.165, 1.54) is 12.1 Å². The van der Waals surface area contributed by atoms with Gasteiger partial charge in [-0.1, -0.05) is 12.1 Å². The van der Waals surface area contributed by atoms with Crippen LogP contribution in [0.3, 0.4) is 0 Å². The molecule has 0 atom stereocenters. The third kappa shape index (κ3) is 2.33. The third-order valence-electron chi connectivity index (χ3n) is 3.19. The molecule has 0 bridgehead atoms. The molecular weight excluding hydrogens is 321 g/mol. The lowest BCUT2D eigenvalue weighted by Crippen LogP contribution is -2.03. The second kappa shape index (κ2) is 4.98. The lowest BCUT2D eigenvalue weighted by atomic mass is 10.1. The van der Waals surface area contributed by atoms with Crippen molar-refractivity contribution in [1.82, 2.24) is 14.6 Å². The summed E-state index contributed by atoms with van der Waals surface area (Å²) in [6.07, 6.45) is 0.688. The van der Waals surface area contributed by atoms with Crippen LogP contribution in [0.5, 0.6) is 0 Å². The minimum atomic E-state index is -0.220. The first-order valence-electron chi connectivity index (χ1n) is 6.30. The highest BCUT2D eigenvalue weighted by Gasteiger charge is 2.12. The Bertz CT molecular complexity index is 778. The number of aryl methyl sites for hydroxylation is 2. The SMILES string of the molecule is Cc1cc(Cc2ccc(F)cc2)n2nc(C)c(Br)c2n1. The van der Waals surface area contributed by atoms with Gasteiger partial charge >= 0.3 is 0 Å². The molecule has 3 rings (SSSR count). The molecule has 2 heterocycles. The molecule has 0 fully saturated rings. The predicted molar refractivity (Wildman–Crippen MR) is 79.4 cm³/mol. The van der Waals surface area contributed by atoms with Crippen molar-refractivity contribution in [3.8, 4) is 0 Å². The van der Waals surface area contributed by atoms with Gasteiger partial charge in [-0.2, -0.15) is 5.10 Å². The maximum atomic E-state index is 13.0. The number of aromatic nitrogens is 3. The predicted octanol–water partition coefficient (Wildman–Crippen LogP) is 3.84. The second-order valence-electron chi connectivity index (χ2n) is 4.83. The van der Waals surface area contributed by atoms with E-state index in [1.807, 2.05) is 24.4 Å². The van der Waals surface area contributed by atoms with Crippen molar-refractivity contribution in [3.05, 3.63) is 63.3 Å². The van der Waals surface area contributed by atoms with Gasteiger partial charge in [0.1, 0.15) is 5.82 Å². The van der Waals surface area contributed by atoms with Crippen LogP contribution in [0.1, 0.15) is 22.6 Å². The average Bonchev–Trinajstić information content (AvgIpc) is 2.69. The van der Waals surface area contributed by atoms with Crippen molar-refractivity contribution in [2.75, 3.05) is 0 Å². The zero-order chi connectivity index (χ0) is 14.3. The molecule has 102 valence electrons. The molecule has 0 N–H and O–H groups in total. The van der Waals surface area contributed by atoms with Gasteiger partial charge in [0, 0.05) is 12.1 Å². The molecule has 0 aliphatic rings. The highest BCUT2D eigenvalue weighted by Crippen LogP contribution is 2.23. The number of rotatable bonds is 2. The van der Waals surface area contributed by atoms with Gasteiger partial charge in [0.25, 0.3) is 0 Å². The summed E-state index contributed by atoms with van der Waals surface area (Å²) in [6, 6.07) is 8.55. The van der Waals surface area contributed by atoms with Gasteiger partial charge < -0.3 is 0 Å². The van der Waals surface area contributed by atoms with Crippen LogP contribution in [-0.2, 0) is 6.42 Å². The van der Waals surface area contributed by atoms with Crippen LogP contribution in [0.2, 0.25) is 0 Å². The maximum Gasteiger partial charge on any atom is 0.170 e. The molecule has 3 nitrogen and oxygen atoms in total. The fourth-order valence-corrected chi connectivity index (χ4v) is 2.57. The van der Waals surface area contributed by atoms with E-state index < -0.39 is 0 Å². The van der Waals surface area contributed by atoms with Gasteiger partial charge in [0.15, 0.2) is 5.65 Å². The Morgan fingerprint density at radius 3 is 2.60 bits per heavy atom. The standard InChI is InChI=1S/C15H13BrFN3/c1-9-7-13(8-11-3-5-12(17)6-4-11)20-15(18-9)14(16)10(2)19-20/h3-7H,8H2,1-2H3. The van der Waals surface area contributed by atoms with E-state index in [-0.39, 0.29) is 5.82 Å². The van der Waals surface area contributed by atoms with E-state index in [0.717, 1.165) is 32.8 Å². The van der Waals surface area contributed by atoms with Crippen LogP contribution in [0.15, 0.2) is 34.8 Å². The Hall–Kier alpha value is -1.75. The van der Waals surface area contributed by atoms with Crippen LogP contribution in [0, 0.1) is 19.7 Å². The zero-order valence-electron chi connectivity index (χ0n) is 11.2. The molecule has 0 unspecified atom stereocenters. The molecule has 0 saturated carbocycles. The summed E-state index contributed by atoms with van der Waals surface area (Å²) >= 11 is 3.52. The Labute approximate surface area is 124 Å². The number of halogens is 2. The smallest absolute Gasteiger partial charge is 0.170 e. The van der Waals surface area contributed by atoms with E-state index in [0.29, 0.717) is 6.42 Å². The van der Waals surface area contributed by atoms with Crippen molar-refractivity contribution in [2.45, 2.75) is 20.3 Å². The number of hydrogen-bond donors (Lipinski definition) is 0. The summed E-state index contributed by atoms with van der Waals surface area (Å²) in [5.74, 6) is -0.220. The highest BCUT2D eigenvalue weighted by molar-refractivity contribution is 9.10. The quantitative estimate of drug-likeness (QED) is 0.713. The average molecular weight is 334 g/mol. The highest BCUT2D eigenvalue weighted by atomic mass is 79.9. The molecule has 0 amide bonds. The molecule has 0 aliphatic carbocycles. The summed E-state index contributed by atoms with van der Waals surface area (Å²) in [5, 5.41) is 4.50. The van der Waals surface area contributed by atoms with Crippen molar-refractivity contribution >= 4 is 21.6 Å². The van der Waals surface area contributed by atoms with E-state index in [9.17, 15) is 4.39 Å². The first-order valence-corrected chi connectivity index (χ1v) is 7.09. The first-order chi connectivity index (χ1) is 9.54. The summed E-state index contributed by atoms with van der Waals surface area (Å²) in [4.78, 5) is 4.51. The van der Waals surface area contributed by atoms with Crippen LogP contribution in [0.4, 0.5) is 4.39 Å². The van der Waals surface area contributed by atoms with Crippen LogP contribution in [-0.4, -0.2) is 14.6 Å². The molecular formula is C15H13BrFN3. The second-order valence-corrected chi connectivity index (χ2v) is 5.62. The van der Waals surface area contributed by atoms with E-state index in [1.54, 1.807) is 12.1 Å². The molecule has 0 spiro atoms. The summed E-state index contributed by atoms with van der Waals surface area (Å²) in [7, 11) is 0. The molecule has 5 heteroatoms. The van der Waals surface area contributed by atoms with Gasteiger partial charge in [0.2, 0.25) is 0 Å². The van der Waals surface area contributed by atoms with Crippen LogP contribution < -0.4 is 0 Å². The number of fused-ring (bicyclic) bond motifs is 1. The van der Waals surface area contributed by atoms with E-state index in [4.69, 9.17) is 0 Å². The van der Waals surface area contributed by atoms with Gasteiger partial charge in [-0.3, -0.25) is 0 Å². The summed E-state index contributed by atoms with van der Waals surface area (Å²) in [6.45, 7) is 3.90. The van der Waals surface area contributed by atoms with Crippen LogP contribution >= 0.6 is 15.9 Å². The molecule has 0 aliphatic heterocycles. The minimum Gasteiger partial charge on any atom is -0.233 e. The molecule has 3 aromatic rings. The summed E-state index contributed by atoms with van der Waals surface area (Å²) < 4.78 is 15.7. The fourth-order valence-electron chi connectivity index (χ4n) is 2.23. The molecule has 1 aromatic carbocycles. The van der Waals surface area contributed by atoms with Crippen molar-refractivity contribution < 1.29 is 4.39 Å². The van der Waals surface area contributed by atoms with Gasteiger partial charge in [0.05, 0.1) is 15.9 Å². The Morgan fingerprint density at radius 2 is 1.90 bits per heavy atom. The zero-order valence-corrected chi connectivity index (χ0v) is 12.8. The Kier molecular flexibility index (Phi) is 3.30. The maximum absolute atomic E-state index is 13.0. The lowest BCUT2D eigenvalue weighted by Gasteiger charge is -2.06. The first kappa shape index (κ1) is 13.2. The van der Waals surface area contributed by atoms with Gasteiger partial charge in [-0.15, -0.1) is 0 Å². The van der Waals surface area contributed by atoms with E-state index >= 15 is 0 Å². The number of nitrogens with zero attached hydrogens (tertiary/aromatic N) is 3. The van der Waals surface area contributed by atoms with Crippen molar-refractivity contribution in [3.63, 3.8) is 0 Å². The topological polar surface area (TPSA) is 30.2 Å². The fraction of sp³-hybridized carbons (Fsp3) is 0.200. The minimum absolute atomic E-state index is 0.220. The summed E-state index contributed by atoms with van der Waals surface area (Å²) in [5.41, 5.74) is 4.74. The molecule has 0 radical (unpaired) electrons. The Morgan fingerprint density at radius 1 is 1.20 bits per heavy atom. The Balaban J connectivity index is 2.11.